The van der Waals surface area contributed by atoms with Gasteiger partial charge < -0.3 is 4.74 Å². The molecule has 4 atom stereocenters. The molecule has 0 aromatic heterocycles. The molecule has 4 rings (SSSR count). The number of nitriles is 1. The maximum atomic E-state index is 13.6. The first-order chi connectivity index (χ1) is 15.9. The van der Waals surface area contributed by atoms with Gasteiger partial charge in [-0.1, -0.05) is 42.8 Å². The molecule has 34 heavy (non-hydrogen) atoms. The van der Waals surface area contributed by atoms with Crippen molar-refractivity contribution < 1.29 is 14.3 Å². The Morgan fingerprint density at radius 1 is 1.21 bits per heavy atom. The summed E-state index contributed by atoms with van der Waals surface area (Å²) in [5, 5.41) is 10.5. The van der Waals surface area contributed by atoms with Gasteiger partial charge in [-0.3, -0.25) is 4.79 Å². The van der Waals surface area contributed by atoms with Crippen molar-refractivity contribution in [3.8, 4) is 6.07 Å². The van der Waals surface area contributed by atoms with Crippen LogP contribution in [0.2, 0.25) is 5.02 Å². The van der Waals surface area contributed by atoms with E-state index in [2.05, 4.69) is 6.07 Å². The summed E-state index contributed by atoms with van der Waals surface area (Å²) in [6, 6.07) is 16.1. The minimum Gasteiger partial charge on any atom is -0.443 e. The van der Waals surface area contributed by atoms with Gasteiger partial charge in [0.15, 0.2) is 0 Å². The van der Waals surface area contributed by atoms with E-state index in [1.54, 1.807) is 20.8 Å². The largest absolute Gasteiger partial charge is 0.443 e. The molecule has 0 spiro atoms. The number of ether oxygens (including phenoxy) is 1. The lowest BCUT2D eigenvalue weighted by atomic mass is 9.57. The SMILES string of the molecule is Cc1ccc(C2CCC3(C)C(=O)N(C(=O)OC(C)(C)C)CC3C2c2ccc(Cl)cc2)c(C#N)c1. The number of fused-ring (bicyclic) bond motifs is 1. The Morgan fingerprint density at radius 2 is 1.88 bits per heavy atom. The molecule has 0 N–H and O–H groups in total. The Labute approximate surface area is 206 Å². The van der Waals surface area contributed by atoms with E-state index < -0.39 is 17.1 Å². The van der Waals surface area contributed by atoms with Crippen LogP contribution in [-0.4, -0.2) is 29.0 Å². The van der Waals surface area contributed by atoms with Gasteiger partial charge in [0, 0.05) is 11.6 Å². The lowest BCUT2D eigenvalue weighted by Gasteiger charge is -2.45. The van der Waals surface area contributed by atoms with Crippen LogP contribution in [0.15, 0.2) is 42.5 Å². The quantitative estimate of drug-likeness (QED) is 0.488. The summed E-state index contributed by atoms with van der Waals surface area (Å²) >= 11 is 6.19. The van der Waals surface area contributed by atoms with Crippen molar-refractivity contribution in [1.29, 1.82) is 5.26 Å². The number of carbonyl (C=O) groups excluding carboxylic acids is 2. The molecule has 2 aromatic rings. The number of benzene rings is 2. The van der Waals surface area contributed by atoms with Crippen LogP contribution in [0.1, 0.15) is 74.6 Å². The van der Waals surface area contributed by atoms with Crippen LogP contribution in [-0.2, 0) is 9.53 Å². The second-order valence-electron chi connectivity index (χ2n) is 10.8. The number of aryl methyl sites for hydroxylation is 1. The van der Waals surface area contributed by atoms with Gasteiger partial charge >= 0.3 is 6.09 Å². The highest BCUT2D eigenvalue weighted by atomic mass is 35.5. The topological polar surface area (TPSA) is 70.4 Å². The monoisotopic (exact) mass is 478 g/mol. The third-order valence-electron chi connectivity index (χ3n) is 7.37. The van der Waals surface area contributed by atoms with Crippen molar-refractivity contribution in [2.75, 3.05) is 6.54 Å². The molecule has 2 amide bonds. The summed E-state index contributed by atoms with van der Waals surface area (Å²) < 4.78 is 5.57. The van der Waals surface area contributed by atoms with Crippen LogP contribution >= 0.6 is 11.6 Å². The molecule has 1 aliphatic carbocycles. The van der Waals surface area contributed by atoms with Crippen LogP contribution < -0.4 is 0 Å². The number of imide groups is 1. The van der Waals surface area contributed by atoms with E-state index in [4.69, 9.17) is 16.3 Å². The normalized spacial score (nSPS) is 26.7. The van der Waals surface area contributed by atoms with Crippen molar-refractivity contribution >= 4 is 23.6 Å². The molecule has 6 heteroatoms. The summed E-state index contributed by atoms with van der Waals surface area (Å²) in [5.41, 5.74) is 2.40. The highest BCUT2D eigenvalue weighted by Crippen LogP contribution is 2.59. The summed E-state index contributed by atoms with van der Waals surface area (Å²) in [7, 11) is 0. The zero-order valence-electron chi connectivity index (χ0n) is 20.4. The fourth-order valence-corrected chi connectivity index (χ4v) is 5.85. The van der Waals surface area contributed by atoms with E-state index in [9.17, 15) is 14.9 Å². The molecule has 2 fully saturated rings. The molecule has 0 radical (unpaired) electrons. The second-order valence-corrected chi connectivity index (χ2v) is 11.3. The van der Waals surface area contributed by atoms with Gasteiger partial charge in [0.25, 0.3) is 0 Å². The second kappa shape index (κ2) is 8.74. The highest BCUT2D eigenvalue weighted by molar-refractivity contribution is 6.30. The molecule has 2 aliphatic rings. The maximum Gasteiger partial charge on any atom is 0.417 e. The molecular formula is C28H31ClN2O3. The van der Waals surface area contributed by atoms with E-state index in [1.165, 1.54) is 4.90 Å². The van der Waals surface area contributed by atoms with Crippen LogP contribution in [0.3, 0.4) is 0 Å². The zero-order valence-corrected chi connectivity index (χ0v) is 21.1. The molecule has 1 saturated heterocycles. The molecule has 4 unspecified atom stereocenters. The van der Waals surface area contributed by atoms with Gasteiger partial charge in [-0.05, 0) is 93.2 Å². The number of carbonyl (C=O) groups is 2. The number of amides is 2. The van der Waals surface area contributed by atoms with Crippen LogP contribution in [0.4, 0.5) is 4.79 Å². The molecular weight excluding hydrogens is 448 g/mol. The third kappa shape index (κ3) is 4.32. The van der Waals surface area contributed by atoms with Crippen molar-refractivity contribution in [2.24, 2.45) is 11.3 Å². The Kier molecular flexibility index (Phi) is 6.25. The van der Waals surface area contributed by atoms with Gasteiger partial charge in [-0.2, -0.15) is 5.26 Å². The van der Waals surface area contributed by atoms with Gasteiger partial charge in [0.05, 0.1) is 17.0 Å². The van der Waals surface area contributed by atoms with Crippen molar-refractivity contribution in [3.63, 3.8) is 0 Å². The zero-order chi connectivity index (χ0) is 24.8. The number of nitrogens with zero attached hydrogens (tertiary/aromatic N) is 2. The number of hydrogen-bond donors (Lipinski definition) is 0. The smallest absolute Gasteiger partial charge is 0.417 e. The molecule has 1 saturated carbocycles. The van der Waals surface area contributed by atoms with E-state index in [1.807, 2.05) is 56.3 Å². The van der Waals surface area contributed by atoms with E-state index >= 15 is 0 Å². The first-order valence-electron chi connectivity index (χ1n) is 11.8. The minimum atomic E-state index is -0.687. The number of rotatable bonds is 2. The summed E-state index contributed by atoms with van der Waals surface area (Å²) in [5.74, 6) is -0.294. The summed E-state index contributed by atoms with van der Waals surface area (Å²) in [6.07, 6.45) is 0.794. The van der Waals surface area contributed by atoms with Crippen molar-refractivity contribution in [1.82, 2.24) is 4.90 Å². The Balaban J connectivity index is 1.80. The molecule has 1 heterocycles. The fourth-order valence-electron chi connectivity index (χ4n) is 5.73. The third-order valence-corrected chi connectivity index (χ3v) is 7.62. The Morgan fingerprint density at radius 3 is 2.50 bits per heavy atom. The van der Waals surface area contributed by atoms with E-state index in [0.29, 0.717) is 23.6 Å². The molecule has 2 aromatic carbocycles. The van der Waals surface area contributed by atoms with Gasteiger partial charge in [0.2, 0.25) is 5.91 Å². The highest BCUT2D eigenvalue weighted by Gasteiger charge is 2.59. The lowest BCUT2D eigenvalue weighted by Crippen LogP contribution is -2.42. The first-order valence-corrected chi connectivity index (χ1v) is 12.1. The van der Waals surface area contributed by atoms with Crippen LogP contribution in [0.25, 0.3) is 0 Å². The van der Waals surface area contributed by atoms with Crippen molar-refractivity contribution in [3.05, 3.63) is 69.7 Å². The van der Waals surface area contributed by atoms with Gasteiger partial charge in [-0.25, -0.2) is 9.69 Å². The standard InChI is InChI=1S/C28H31ClN2O3/c1-17-6-11-21(19(14-17)15-30)22-12-13-28(5)23(24(22)18-7-9-20(29)10-8-18)16-31(25(28)32)26(33)34-27(2,3)4/h6-11,14,22-24H,12-13,16H2,1-5H3. The van der Waals surface area contributed by atoms with Crippen LogP contribution in [0.5, 0.6) is 0 Å². The minimum absolute atomic E-state index is 0.0425. The predicted octanol–water partition coefficient (Wildman–Crippen LogP) is 6.58. The Bertz CT molecular complexity index is 1160. The first kappa shape index (κ1) is 24.3. The number of halogens is 1. The van der Waals surface area contributed by atoms with E-state index in [0.717, 1.165) is 23.1 Å². The number of hydrogen-bond acceptors (Lipinski definition) is 4. The average molecular weight is 479 g/mol. The molecule has 1 aliphatic heterocycles. The summed E-state index contributed by atoms with van der Waals surface area (Å²) in [4.78, 5) is 27.8. The molecule has 178 valence electrons. The predicted molar refractivity (Wildman–Crippen MR) is 132 cm³/mol. The summed E-state index contributed by atoms with van der Waals surface area (Å²) in [6.45, 7) is 9.65. The van der Waals surface area contributed by atoms with Crippen molar-refractivity contribution in [2.45, 2.75) is 64.9 Å². The van der Waals surface area contributed by atoms with E-state index in [-0.39, 0.29) is 23.7 Å². The number of likely N-dealkylation sites (tertiary alicyclic amines) is 1. The molecule has 5 nitrogen and oxygen atoms in total. The maximum absolute atomic E-state index is 13.6. The lowest BCUT2D eigenvalue weighted by molar-refractivity contribution is -0.136. The van der Waals surface area contributed by atoms with Crippen LogP contribution in [0, 0.1) is 29.6 Å². The average Bonchev–Trinajstić information content (AvgIpc) is 3.04. The van der Waals surface area contributed by atoms with Gasteiger partial charge in [-0.15, -0.1) is 0 Å². The Hall–Kier alpha value is -2.84. The van der Waals surface area contributed by atoms with Gasteiger partial charge in [0.1, 0.15) is 5.60 Å². The fraction of sp³-hybridized carbons (Fsp3) is 0.464. The molecule has 0 bridgehead atoms.